The molecule has 1 aromatic carbocycles. The Kier molecular flexibility index (Phi) is 7.52. The molecule has 0 unspecified atom stereocenters. The molecule has 3 rings (SSSR count). The first-order valence-corrected chi connectivity index (χ1v) is 11.3. The molecule has 0 bridgehead atoms. The molecular weight excluding hydrogens is 420 g/mol. The number of rotatable bonds is 7. The molecule has 0 saturated carbocycles. The number of amides is 2. The van der Waals surface area contributed by atoms with Gasteiger partial charge in [0.05, 0.1) is 23.1 Å². The molecule has 1 saturated heterocycles. The number of nitrogens with one attached hydrogen (secondary N) is 1. The first-order valence-electron chi connectivity index (χ1n) is 9.63. The Morgan fingerprint density at radius 2 is 2.07 bits per heavy atom. The normalized spacial score (nSPS) is 14.4. The number of hydrogen-bond donors (Lipinski definition) is 1. The molecule has 1 N–H and O–H groups in total. The van der Waals surface area contributed by atoms with Crippen LogP contribution in [-0.2, 0) is 4.79 Å². The van der Waals surface area contributed by atoms with Crippen LogP contribution >= 0.6 is 23.1 Å². The number of benzene rings is 1. The molecular formula is C21H26N4O3S2. The topological polar surface area (TPSA) is 74.8 Å². The summed E-state index contributed by atoms with van der Waals surface area (Å²) in [6, 6.07) is 3.80. The molecule has 30 heavy (non-hydrogen) atoms. The van der Waals surface area contributed by atoms with Crippen molar-refractivity contribution < 1.29 is 14.3 Å². The largest absolute Gasteiger partial charge is 0.496 e. The minimum atomic E-state index is -0.150. The quantitative estimate of drug-likeness (QED) is 0.656. The number of thiazole rings is 1. The number of anilines is 1. The Morgan fingerprint density at radius 1 is 1.33 bits per heavy atom. The van der Waals surface area contributed by atoms with Gasteiger partial charge in [0.25, 0.3) is 5.91 Å². The van der Waals surface area contributed by atoms with Crippen LogP contribution in [0, 0.1) is 6.92 Å². The van der Waals surface area contributed by atoms with Crippen molar-refractivity contribution in [2.24, 2.45) is 0 Å². The van der Waals surface area contributed by atoms with Crippen molar-refractivity contribution in [1.82, 2.24) is 14.8 Å². The number of methoxy groups -OCH3 is 1. The zero-order valence-corrected chi connectivity index (χ0v) is 19.1. The van der Waals surface area contributed by atoms with E-state index < -0.39 is 0 Å². The molecule has 1 aromatic heterocycles. The van der Waals surface area contributed by atoms with Crippen molar-refractivity contribution in [2.75, 3.05) is 45.2 Å². The summed E-state index contributed by atoms with van der Waals surface area (Å²) in [5, 5.41) is 3.25. The highest BCUT2D eigenvalue weighted by Crippen LogP contribution is 2.38. The SMILES string of the molecule is C=CCN1CCN(C(=O)c2cc(Sc3cnc(NC(C)=O)s3)c(C)cc2OC)CC1. The third-order valence-electron chi connectivity index (χ3n) is 4.75. The van der Waals surface area contributed by atoms with E-state index >= 15 is 0 Å². The van der Waals surface area contributed by atoms with Gasteiger partial charge in [-0.3, -0.25) is 14.5 Å². The van der Waals surface area contributed by atoms with Gasteiger partial charge in [0, 0.05) is 44.5 Å². The molecule has 7 nitrogen and oxygen atoms in total. The number of aryl methyl sites for hydroxylation is 1. The van der Waals surface area contributed by atoms with Gasteiger partial charge in [-0.15, -0.1) is 6.58 Å². The molecule has 0 aliphatic carbocycles. The van der Waals surface area contributed by atoms with Gasteiger partial charge in [0.15, 0.2) is 5.13 Å². The Bertz CT molecular complexity index is 936. The van der Waals surface area contributed by atoms with Crippen LogP contribution in [0.1, 0.15) is 22.8 Å². The minimum Gasteiger partial charge on any atom is -0.496 e. The van der Waals surface area contributed by atoms with E-state index in [4.69, 9.17) is 4.74 Å². The number of nitrogens with zero attached hydrogens (tertiary/aromatic N) is 3. The van der Waals surface area contributed by atoms with Crippen LogP contribution in [0.5, 0.6) is 5.75 Å². The summed E-state index contributed by atoms with van der Waals surface area (Å²) >= 11 is 2.93. The highest BCUT2D eigenvalue weighted by atomic mass is 32.2. The van der Waals surface area contributed by atoms with E-state index in [0.29, 0.717) is 29.5 Å². The number of carbonyl (C=O) groups is 2. The molecule has 1 aliphatic rings. The van der Waals surface area contributed by atoms with Gasteiger partial charge in [-0.1, -0.05) is 29.2 Å². The van der Waals surface area contributed by atoms with Gasteiger partial charge >= 0.3 is 0 Å². The van der Waals surface area contributed by atoms with E-state index in [-0.39, 0.29) is 11.8 Å². The molecule has 2 heterocycles. The average Bonchev–Trinajstić information content (AvgIpc) is 3.15. The van der Waals surface area contributed by atoms with Crippen LogP contribution < -0.4 is 10.1 Å². The maximum absolute atomic E-state index is 13.2. The molecule has 9 heteroatoms. The van der Waals surface area contributed by atoms with E-state index in [2.05, 4.69) is 21.8 Å². The van der Waals surface area contributed by atoms with Crippen molar-refractivity contribution in [3.05, 3.63) is 42.1 Å². The van der Waals surface area contributed by atoms with E-state index in [1.807, 2.05) is 30.0 Å². The zero-order valence-electron chi connectivity index (χ0n) is 17.4. The fourth-order valence-corrected chi connectivity index (χ4v) is 5.21. The van der Waals surface area contributed by atoms with Crippen LogP contribution in [0.4, 0.5) is 5.13 Å². The van der Waals surface area contributed by atoms with Crippen molar-refractivity contribution in [3.8, 4) is 5.75 Å². The zero-order chi connectivity index (χ0) is 21.7. The van der Waals surface area contributed by atoms with Gasteiger partial charge in [0.2, 0.25) is 5.91 Å². The molecule has 0 radical (unpaired) electrons. The van der Waals surface area contributed by atoms with E-state index in [1.54, 1.807) is 13.3 Å². The van der Waals surface area contributed by atoms with Crippen molar-refractivity contribution >= 4 is 40.0 Å². The predicted molar refractivity (Wildman–Crippen MR) is 121 cm³/mol. The third-order valence-corrected chi connectivity index (χ3v) is 6.93. The summed E-state index contributed by atoms with van der Waals surface area (Å²) in [5.74, 6) is 0.413. The number of ether oxygens (including phenoxy) is 1. The number of hydrogen-bond acceptors (Lipinski definition) is 7. The molecule has 0 spiro atoms. The van der Waals surface area contributed by atoms with Crippen molar-refractivity contribution in [1.29, 1.82) is 0 Å². The van der Waals surface area contributed by atoms with Gasteiger partial charge < -0.3 is 15.0 Å². The number of piperazine rings is 1. The predicted octanol–water partition coefficient (Wildman–Crippen LogP) is 3.51. The van der Waals surface area contributed by atoms with E-state index in [0.717, 1.165) is 34.3 Å². The summed E-state index contributed by atoms with van der Waals surface area (Å²) in [7, 11) is 1.59. The summed E-state index contributed by atoms with van der Waals surface area (Å²) in [6.07, 6.45) is 3.62. The highest BCUT2D eigenvalue weighted by molar-refractivity contribution is 8.01. The summed E-state index contributed by atoms with van der Waals surface area (Å²) < 4.78 is 6.45. The summed E-state index contributed by atoms with van der Waals surface area (Å²) in [6.45, 7) is 11.1. The second-order valence-corrected chi connectivity index (χ2v) is 9.34. The molecule has 0 atom stereocenters. The lowest BCUT2D eigenvalue weighted by Gasteiger charge is -2.34. The minimum absolute atomic E-state index is 0.0183. The number of aromatic nitrogens is 1. The van der Waals surface area contributed by atoms with Gasteiger partial charge in [-0.2, -0.15) is 0 Å². The Hall–Kier alpha value is -2.36. The Labute approximate surface area is 185 Å². The van der Waals surface area contributed by atoms with Crippen LogP contribution in [0.2, 0.25) is 0 Å². The molecule has 2 aromatic rings. The van der Waals surface area contributed by atoms with E-state index in [1.165, 1.54) is 30.0 Å². The Morgan fingerprint density at radius 3 is 2.70 bits per heavy atom. The molecule has 1 fully saturated rings. The van der Waals surface area contributed by atoms with Gasteiger partial charge in [-0.05, 0) is 24.6 Å². The maximum Gasteiger partial charge on any atom is 0.257 e. The molecule has 2 amide bonds. The third kappa shape index (κ3) is 5.41. The fraction of sp³-hybridized carbons (Fsp3) is 0.381. The molecule has 1 aliphatic heterocycles. The second-order valence-electron chi connectivity index (χ2n) is 6.97. The van der Waals surface area contributed by atoms with Crippen molar-refractivity contribution in [2.45, 2.75) is 23.0 Å². The van der Waals surface area contributed by atoms with Crippen LogP contribution in [0.3, 0.4) is 0 Å². The fourth-order valence-electron chi connectivity index (χ4n) is 3.22. The number of carbonyl (C=O) groups excluding carboxylic acids is 2. The van der Waals surface area contributed by atoms with Crippen LogP contribution in [-0.4, -0.2) is 66.4 Å². The second kappa shape index (κ2) is 10.1. The first-order chi connectivity index (χ1) is 14.4. The highest BCUT2D eigenvalue weighted by Gasteiger charge is 2.25. The molecule has 160 valence electrons. The lowest BCUT2D eigenvalue weighted by molar-refractivity contribution is -0.114. The first kappa shape index (κ1) is 22.3. The Balaban J connectivity index is 1.79. The standard InChI is InChI=1S/C21H26N4O3S2/c1-5-6-24-7-9-25(10-8-24)20(27)16-12-18(14(2)11-17(16)28-4)29-19-13-22-21(30-19)23-15(3)26/h5,11-13H,1,6-10H2,2-4H3,(H,22,23,26). The maximum atomic E-state index is 13.2. The average molecular weight is 447 g/mol. The lowest BCUT2D eigenvalue weighted by Crippen LogP contribution is -2.48. The van der Waals surface area contributed by atoms with Crippen LogP contribution in [0.25, 0.3) is 0 Å². The van der Waals surface area contributed by atoms with Crippen molar-refractivity contribution in [3.63, 3.8) is 0 Å². The smallest absolute Gasteiger partial charge is 0.257 e. The summed E-state index contributed by atoms with van der Waals surface area (Å²) in [4.78, 5) is 33.8. The summed E-state index contributed by atoms with van der Waals surface area (Å²) in [5.41, 5.74) is 1.58. The monoisotopic (exact) mass is 446 g/mol. The van der Waals surface area contributed by atoms with E-state index in [9.17, 15) is 9.59 Å². The van der Waals surface area contributed by atoms with Crippen LogP contribution in [0.15, 0.2) is 40.1 Å². The van der Waals surface area contributed by atoms with Gasteiger partial charge in [-0.25, -0.2) is 4.98 Å². The lowest BCUT2D eigenvalue weighted by atomic mass is 10.1. The van der Waals surface area contributed by atoms with Gasteiger partial charge in [0.1, 0.15) is 5.75 Å².